The summed E-state index contributed by atoms with van der Waals surface area (Å²) in [6.07, 6.45) is 1.85. The number of anilines is 3. The van der Waals surface area contributed by atoms with Crippen LogP contribution in [0.5, 0.6) is 0 Å². The molecule has 2 aromatic carbocycles. The Morgan fingerprint density at radius 1 is 1.14 bits per heavy atom. The topological polar surface area (TPSA) is 52.8 Å². The first kappa shape index (κ1) is 20.0. The molecule has 0 aliphatic carbocycles. The van der Waals surface area contributed by atoms with Crippen LogP contribution in [0, 0.1) is 0 Å². The van der Waals surface area contributed by atoms with Crippen molar-refractivity contribution in [2.75, 3.05) is 48.3 Å². The van der Waals surface area contributed by atoms with E-state index in [0.29, 0.717) is 6.04 Å². The molecule has 0 spiro atoms. The molecule has 0 bridgehead atoms. The molecule has 1 fully saturated rings. The van der Waals surface area contributed by atoms with Gasteiger partial charge in [-0.05, 0) is 49.1 Å². The molecule has 2 heterocycles. The van der Waals surface area contributed by atoms with Crippen LogP contribution in [-0.2, 0) is 17.6 Å². The first-order valence-electron chi connectivity index (χ1n) is 10.4. The first-order chi connectivity index (χ1) is 13.9. The van der Waals surface area contributed by atoms with Crippen molar-refractivity contribution in [2.24, 2.45) is 0 Å². The van der Waals surface area contributed by atoms with Crippen LogP contribution in [0.15, 0.2) is 36.4 Å². The van der Waals surface area contributed by atoms with E-state index >= 15 is 0 Å². The number of carbonyl (C=O) groups excluding carboxylic acids is 1. The van der Waals surface area contributed by atoms with Crippen molar-refractivity contribution in [1.82, 2.24) is 4.90 Å². The van der Waals surface area contributed by atoms with Crippen molar-refractivity contribution in [2.45, 2.75) is 32.7 Å². The van der Waals surface area contributed by atoms with Gasteiger partial charge in [0.2, 0.25) is 5.91 Å². The maximum atomic E-state index is 11.8. The van der Waals surface area contributed by atoms with Crippen LogP contribution in [0.3, 0.4) is 0 Å². The summed E-state index contributed by atoms with van der Waals surface area (Å²) in [5, 5.41) is 0.821. The average molecular weight is 413 g/mol. The number of benzene rings is 2. The zero-order valence-electron chi connectivity index (χ0n) is 17.2. The molecule has 1 saturated heterocycles. The van der Waals surface area contributed by atoms with Gasteiger partial charge in [-0.3, -0.25) is 9.69 Å². The van der Waals surface area contributed by atoms with Crippen LogP contribution in [0.2, 0.25) is 5.02 Å². The van der Waals surface area contributed by atoms with Crippen LogP contribution in [0.1, 0.15) is 25.0 Å². The number of nitrogens with zero attached hydrogens (tertiary/aromatic N) is 3. The second kappa shape index (κ2) is 8.25. The lowest BCUT2D eigenvalue weighted by Crippen LogP contribution is -2.50. The summed E-state index contributed by atoms with van der Waals surface area (Å²) in [6, 6.07) is 12.8. The lowest BCUT2D eigenvalue weighted by molar-refractivity contribution is -0.116. The molecular formula is C23H29ClN4O. The minimum atomic E-state index is 0.0629. The number of carbonyl (C=O) groups is 1. The van der Waals surface area contributed by atoms with E-state index in [1.54, 1.807) is 11.8 Å². The van der Waals surface area contributed by atoms with E-state index in [-0.39, 0.29) is 5.91 Å². The average Bonchev–Trinajstić information content (AvgIpc) is 3.13. The summed E-state index contributed by atoms with van der Waals surface area (Å²) < 4.78 is 0. The molecule has 1 unspecified atom stereocenters. The van der Waals surface area contributed by atoms with Crippen LogP contribution in [-0.4, -0.2) is 49.6 Å². The van der Waals surface area contributed by atoms with Crippen LogP contribution < -0.4 is 15.5 Å². The summed E-state index contributed by atoms with van der Waals surface area (Å²) in [7, 11) is 0. The van der Waals surface area contributed by atoms with Crippen molar-refractivity contribution in [3.63, 3.8) is 0 Å². The lowest BCUT2D eigenvalue weighted by Gasteiger charge is -2.39. The van der Waals surface area contributed by atoms with Gasteiger partial charge < -0.3 is 15.5 Å². The van der Waals surface area contributed by atoms with Gasteiger partial charge >= 0.3 is 0 Å². The maximum Gasteiger partial charge on any atom is 0.223 e. The van der Waals surface area contributed by atoms with Gasteiger partial charge in [-0.15, -0.1) is 0 Å². The van der Waals surface area contributed by atoms with Gasteiger partial charge in [0.1, 0.15) is 0 Å². The number of para-hydroxylation sites is 1. The van der Waals surface area contributed by atoms with Crippen molar-refractivity contribution in [3.05, 3.63) is 52.5 Å². The first-order valence-corrected chi connectivity index (χ1v) is 10.7. The predicted octanol–water partition coefficient (Wildman–Crippen LogP) is 3.58. The monoisotopic (exact) mass is 412 g/mol. The standard InChI is InChI=1S/C23H29ClN4O/c1-16(26-9-11-27(12-10-26)22-6-4-3-5-20(22)24)13-18-14-19-7-8-28(17(2)29)23(19)21(25)15-18/h3-6,14-16H,7-13,25H2,1-2H3. The second-order valence-corrected chi connectivity index (χ2v) is 8.55. The van der Waals surface area contributed by atoms with Gasteiger partial charge in [-0.25, -0.2) is 0 Å². The normalized spacial score (nSPS) is 18.0. The summed E-state index contributed by atoms with van der Waals surface area (Å²) in [5.74, 6) is 0.0629. The minimum Gasteiger partial charge on any atom is -0.397 e. The molecule has 2 aliphatic rings. The molecule has 5 nitrogen and oxygen atoms in total. The number of fused-ring (bicyclic) bond motifs is 1. The fraction of sp³-hybridized carbons (Fsp3) is 0.435. The highest BCUT2D eigenvalue weighted by Crippen LogP contribution is 2.35. The van der Waals surface area contributed by atoms with E-state index in [1.807, 2.05) is 18.2 Å². The van der Waals surface area contributed by atoms with Crippen molar-refractivity contribution in [3.8, 4) is 0 Å². The molecule has 0 radical (unpaired) electrons. The molecule has 0 aromatic heterocycles. The number of hydrogen-bond acceptors (Lipinski definition) is 4. The van der Waals surface area contributed by atoms with Crippen molar-refractivity contribution < 1.29 is 4.79 Å². The molecule has 2 aliphatic heterocycles. The number of piperazine rings is 1. The van der Waals surface area contributed by atoms with Crippen molar-refractivity contribution in [1.29, 1.82) is 0 Å². The third-order valence-electron chi connectivity index (χ3n) is 6.19. The molecule has 2 aromatic rings. The molecule has 1 atom stereocenters. The van der Waals surface area contributed by atoms with Crippen LogP contribution in [0.25, 0.3) is 0 Å². The molecule has 1 amide bonds. The van der Waals surface area contributed by atoms with Gasteiger partial charge in [-0.2, -0.15) is 0 Å². The minimum absolute atomic E-state index is 0.0629. The van der Waals surface area contributed by atoms with E-state index in [1.165, 1.54) is 11.1 Å². The Labute approximate surface area is 178 Å². The summed E-state index contributed by atoms with van der Waals surface area (Å²) in [4.78, 5) is 18.5. The zero-order valence-corrected chi connectivity index (χ0v) is 18.0. The highest BCUT2D eigenvalue weighted by Gasteiger charge is 2.27. The summed E-state index contributed by atoms with van der Waals surface area (Å²) >= 11 is 6.36. The van der Waals surface area contributed by atoms with E-state index in [9.17, 15) is 4.79 Å². The maximum absolute atomic E-state index is 11.8. The largest absolute Gasteiger partial charge is 0.397 e. The van der Waals surface area contributed by atoms with Gasteiger partial charge in [0.15, 0.2) is 0 Å². The van der Waals surface area contributed by atoms with Crippen molar-refractivity contribution >= 4 is 34.6 Å². The molecular weight excluding hydrogens is 384 g/mol. The van der Waals surface area contributed by atoms with Crippen LogP contribution >= 0.6 is 11.6 Å². The fourth-order valence-corrected chi connectivity index (χ4v) is 4.92. The molecule has 6 heteroatoms. The third kappa shape index (κ3) is 4.07. The predicted molar refractivity (Wildman–Crippen MR) is 121 cm³/mol. The quantitative estimate of drug-likeness (QED) is 0.780. The van der Waals surface area contributed by atoms with E-state index in [0.717, 1.165) is 67.7 Å². The Bertz CT molecular complexity index is 908. The molecule has 4 rings (SSSR count). The smallest absolute Gasteiger partial charge is 0.223 e. The Balaban J connectivity index is 1.40. The van der Waals surface area contributed by atoms with Gasteiger partial charge in [0, 0.05) is 45.7 Å². The highest BCUT2D eigenvalue weighted by molar-refractivity contribution is 6.33. The van der Waals surface area contributed by atoms with E-state index in [4.69, 9.17) is 17.3 Å². The lowest BCUT2D eigenvalue weighted by atomic mass is 10.00. The number of halogens is 1. The fourth-order valence-electron chi connectivity index (χ4n) is 4.67. The molecule has 2 N–H and O–H groups in total. The van der Waals surface area contributed by atoms with Gasteiger partial charge in [-0.1, -0.05) is 29.8 Å². The highest BCUT2D eigenvalue weighted by atomic mass is 35.5. The van der Waals surface area contributed by atoms with E-state index < -0.39 is 0 Å². The summed E-state index contributed by atoms with van der Waals surface area (Å²) in [5.41, 5.74) is 11.6. The number of nitrogens with two attached hydrogens (primary N) is 1. The number of hydrogen-bond donors (Lipinski definition) is 1. The second-order valence-electron chi connectivity index (χ2n) is 8.14. The summed E-state index contributed by atoms with van der Waals surface area (Å²) in [6.45, 7) is 8.62. The number of amides is 1. The number of rotatable bonds is 4. The van der Waals surface area contributed by atoms with Gasteiger partial charge in [0.05, 0.1) is 22.1 Å². The number of nitrogen functional groups attached to an aromatic ring is 1. The Hall–Kier alpha value is -2.24. The van der Waals surface area contributed by atoms with Gasteiger partial charge in [0.25, 0.3) is 0 Å². The Kier molecular flexibility index (Phi) is 5.70. The van der Waals surface area contributed by atoms with Crippen LogP contribution in [0.4, 0.5) is 17.1 Å². The molecule has 154 valence electrons. The van der Waals surface area contributed by atoms with E-state index in [2.05, 4.69) is 34.9 Å². The Morgan fingerprint density at radius 2 is 1.86 bits per heavy atom. The molecule has 29 heavy (non-hydrogen) atoms. The Morgan fingerprint density at radius 3 is 2.55 bits per heavy atom. The third-order valence-corrected chi connectivity index (χ3v) is 6.51. The SMILES string of the molecule is CC(=O)N1CCc2cc(CC(C)N3CCN(c4ccccc4Cl)CC3)cc(N)c21. The zero-order chi connectivity index (χ0) is 20.5. The molecule has 0 saturated carbocycles.